The molecule has 0 spiro atoms. The summed E-state index contributed by atoms with van der Waals surface area (Å²) in [5.74, 6) is 0.421. The molecule has 0 aliphatic rings. The number of amides is 1. The second-order valence-corrected chi connectivity index (χ2v) is 8.09. The Morgan fingerprint density at radius 3 is 2.24 bits per heavy atom. The fourth-order valence-electron chi connectivity index (χ4n) is 3.77. The zero-order chi connectivity index (χ0) is 23.0. The molecular formula is C28H27FN2O2. The lowest BCUT2D eigenvalue weighted by atomic mass is 10.1. The summed E-state index contributed by atoms with van der Waals surface area (Å²) >= 11 is 0. The molecule has 0 bridgehead atoms. The molecule has 0 saturated carbocycles. The maximum atomic E-state index is 14.3. The van der Waals surface area contributed by atoms with Gasteiger partial charge in [-0.3, -0.25) is 9.69 Å². The van der Waals surface area contributed by atoms with Crippen molar-refractivity contribution >= 4 is 5.91 Å². The van der Waals surface area contributed by atoms with Crippen LogP contribution in [-0.4, -0.2) is 10.8 Å². The third-order valence-corrected chi connectivity index (χ3v) is 5.51. The van der Waals surface area contributed by atoms with Crippen LogP contribution < -0.4 is 5.32 Å². The maximum Gasteiger partial charge on any atom is 0.287 e. The lowest BCUT2D eigenvalue weighted by molar-refractivity contribution is 0.0907. The molecule has 0 saturated heterocycles. The molecule has 4 nitrogen and oxygen atoms in total. The molecule has 1 heterocycles. The smallest absolute Gasteiger partial charge is 0.287 e. The average Bonchev–Trinajstić information content (AvgIpc) is 3.30. The Bertz CT molecular complexity index is 1170. The van der Waals surface area contributed by atoms with Gasteiger partial charge in [0.2, 0.25) is 0 Å². The van der Waals surface area contributed by atoms with E-state index in [2.05, 4.69) is 10.2 Å². The summed E-state index contributed by atoms with van der Waals surface area (Å²) in [5, 5.41) is 2.97. The summed E-state index contributed by atoms with van der Waals surface area (Å²) in [6.45, 7) is 3.44. The molecule has 1 amide bonds. The van der Waals surface area contributed by atoms with Crippen LogP contribution in [-0.2, 0) is 19.6 Å². The van der Waals surface area contributed by atoms with E-state index >= 15 is 0 Å². The number of hydrogen-bond acceptors (Lipinski definition) is 3. The number of nitrogens with one attached hydrogen (secondary N) is 1. The first-order chi connectivity index (χ1) is 16.1. The number of furan rings is 1. The van der Waals surface area contributed by atoms with E-state index in [-0.39, 0.29) is 23.5 Å². The van der Waals surface area contributed by atoms with Gasteiger partial charge in [-0.2, -0.15) is 0 Å². The van der Waals surface area contributed by atoms with Crippen molar-refractivity contribution in [3.8, 4) is 0 Å². The van der Waals surface area contributed by atoms with Gasteiger partial charge in [-0.15, -0.1) is 0 Å². The van der Waals surface area contributed by atoms with Crippen molar-refractivity contribution in [2.75, 3.05) is 0 Å². The Kier molecular flexibility index (Phi) is 7.33. The van der Waals surface area contributed by atoms with Crippen molar-refractivity contribution in [1.82, 2.24) is 10.2 Å². The van der Waals surface area contributed by atoms with Gasteiger partial charge in [0.1, 0.15) is 11.6 Å². The normalized spacial score (nSPS) is 12.0. The molecular weight excluding hydrogens is 415 g/mol. The van der Waals surface area contributed by atoms with Gasteiger partial charge >= 0.3 is 0 Å². The second-order valence-electron chi connectivity index (χ2n) is 8.09. The number of carbonyl (C=O) groups excluding carboxylic acids is 1. The highest BCUT2D eigenvalue weighted by molar-refractivity contribution is 5.91. The molecule has 4 rings (SSSR count). The molecule has 0 aliphatic heterocycles. The highest BCUT2D eigenvalue weighted by Crippen LogP contribution is 2.19. The van der Waals surface area contributed by atoms with E-state index in [1.165, 1.54) is 6.07 Å². The van der Waals surface area contributed by atoms with Crippen LogP contribution in [0.1, 0.15) is 46.0 Å². The van der Waals surface area contributed by atoms with Crippen molar-refractivity contribution in [2.24, 2.45) is 0 Å². The van der Waals surface area contributed by atoms with E-state index in [4.69, 9.17) is 4.42 Å². The quantitative estimate of drug-likeness (QED) is 0.340. The van der Waals surface area contributed by atoms with Crippen molar-refractivity contribution in [2.45, 2.75) is 32.6 Å². The van der Waals surface area contributed by atoms with E-state index in [9.17, 15) is 9.18 Å². The first-order valence-corrected chi connectivity index (χ1v) is 11.0. The number of halogens is 1. The van der Waals surface area contributed by atoms with Gasteiger partial charge in [0.05, 0.1) is 12.6 Å². The van der Waals surface area contributed by atoms with Gasteiger partial charge in [-0.1, -0.05) is 78.9 Å². The molecule has 0 fully saturated rings. The minimum Gasteiger partial charge on any atom is -0.455 e. The molecule has 5 heteroatoms. The van der Waals surface area contributed by atoms with E-state index in [1.54, 1.807) is 24.3 Å². The van der Waals surface area contributed by atoms with Gasteiger partial charge in [0.15, 0.2) is 5.76 Å². The molecule has 3 aromatic carbocycles. The molecule has 1 atom stereocenters. The second kappa shape index (κ2) is 10.7. The first-order valence-electron chi connectivity index (χ1n) is 11.0. The lowest BCUT2D eigenvalue weighted by Gasteiger charge is -2.22. The van der Waals surface area contributed by atoms with E-state index in [0.29, 0.717) is 31.0 Å². The molecule has 1 unspecified atom stereocenters. The van der Waals surface area contributed by atoms with Crippen LogP contribution in [0, 0.1) is 5.82 Å². The Hall–Kier alpha value is -3.70. The Labute approximate surface area is 193 Å². The number of hydrogen-bond donors (Lipinski definition) is 1. The third-order valence-electron chi connectivity index (χ3n) is 5.51. The Morgan fingerprint density at radius 1 is 0.848 bits per heavy atom. The van der Waals surface area contributed by atoms with Crippen LogP contribution in [0.2, 0.25) is 0 Å². The monoisotopic (exact) mass is 442 g/mol. The van der Waals surface area contributed by atoms with Crippen LogP contribution in [0.4, 0.5) is 4.39 Å². The number of carbonyl (C=O) groups is 1. The highest BCUT2D eigenvalue weighted by atomic mass is 19.1. The fourth-order valence-corrected chi connectivity index (χ4v) is 3.77. The summed E-state index contributed by atoms with van der Waals surface area (Å²) in [6.07, 6.45) is 0. The maximum absolute atomic E-state index is 14.3. The summed E-state index contributed by atoms with van der Waals surface area (Å²) in [4.78, 5) is 14.8. The third kappa shape index (κ3) is 6.18. The van der Waals surface area contributed by atoms with E-state index in [1.807, 2.05) is 73.7 Å². The number of nitrogens with zero attached hydrogens (tertiary/aromatic N) is 1. The zero-order valence-electron chi connectivity index (χ0n) is 18.6. The van der Waals surface area contributed by atoms with E-state index < -0.39 is 0 Å². The number of benzene rings is 3. The van der Waals surface area contributed by atoms with Crippen LogP contribution in [0.5, 0.6) is 0 Å². The van der Waals surface area contributed by atoms with Crippen molar-refractivity contribution in [3.05, 3.63) is 131 Å². The van der Waals surface area contributed by atoms with Gasteiger partial charge in [0, 0.05) is 18.7 Å². The molecule has 168 valence electrons. The summed E-state index contributed by atoms with van der Waals surface area (Å²) in [5.41, 5.74) is 2.77. The van der Waals surface area contributed by atoms with Gasteiger partial charge < -0.3 is 9.73 Å². The Morgan fingerprint density at radius 2 is 1.52 bits per heavy atom. The van der Waals surface area contributed by atoms with Gasteiger partial charge in [-0.05, 0) is 36.2 Å². The summed E-state index contributed by atoms with van der Waals surface area (Å²) < 4.78 is 20.2. The predicted molar refractivity (Wildman–Crippen MR) is 127 cm³/mol. The average molecular weight is 443 g/mol. The zero-order valence-corrected chi connectivity index (χ0v) is 18.6. The molecule has 1 N–H and O–H groups in total. The molecule has 0 aliphatic carbocycles. The minimum atomic E-state index is -0.263. The molecule has 0 radical (unpaired) electrons. The standard InChI is InChI=1S/C28H27FN2O2/c1-21(23-12-6-3-7-13-23)30-28(32)27-17-16-25(33-27)20-31(18-22-10-4-2-5-11-22)19-24-14-8-9-15-26(24)29/h2-17,21H,18-20H2,1H3,(H,30,32). The highest BCUT2D eigenvalue weighted by Gasteiger charge is 2.17. The van der Waals surface area contributed by atoms with Crippen LogP contribution in [0.15, 0.2) is 101 Å². The van der Waals surface area contributed by atoms with Crippen molar-refractivity contribution in [1.29, 1.82) is 0 Å². The summed E-state index contributed by atoms with van der Waals surface area (Å²) in [7, 11) is 0. The van der Waals surface area contributed by atoms with Crippen LogP contribution in [0.3, 0.4) is 0 Å². The molecule has 1 aromatic heterocycles. The minimum absolute atomic E-state index is 0.136. The SMILES string of the molecule is CC(NC(=O)c1ccc(CN(Cc2ccccc2)Cc2ccccc2F)o1)c1ccccc1. The number of rotatable bonds is 9. The summed E-state index contributed by atoms with van der Waals surface area (Å²) in [6, 6.07) is 30.0. The Balaban J connectivity index is 1.46. The van der Waals surface area contributed by atoms with Crippen molar-refractivity contribution in [3.63, 3.8) is 0 Å². The molecule has 33 heavy (non-hydrogen) atoms. The topological polar surface area (TPSA) is 45.5 Å². The largest absolute Gasteiger partial charge is 0.455 e. The van der Waals surface area contributed by atoms with Gasteiger partial charge in [-0.25, -0.2) is 4.39 Å². The fraction of sp³-hybridized carbons (Fsp3) is 0.179. The van der Waals surface area contributed by atoms with Gasteiger partial charge in [0.25, 0.3) is 5.91 Å². The predicted octanol–water partition coefficient (Wildman–Crippen LogP) is 6.11. The van der Waals surface area contributed by atoms with Crippen LogP contribution in [0.25, 0.3) is 0 Å². The van der Waals surface area contributed by atoms with E-state index in [0.717, 1.165) is 11.1 Å². The first kappa shape index (κ1) is 22.5. The molecule has 4 aromatic rings. The van der Waals surface area contributed by atoms with Crippen molar-refractivity contribution < 1.29 is 13.6 Å². The van der Waals surface area contributed by atoms with Crippen LogP contribution >= 0.6 is 0 Å². The lowest BCUT2D eigenvalue weighted by Crippen LogP contribution is -2.26.